The van der Waals surface area contributed by atoms with Crippen molar-refractivity contribution in [1.82, 2.24) is 10.6 Å². The molecule has 0 rings (SSSR count). The maximum absolute atomic E-state index is 10.0. The molecular formula is C18H40N2O. The normalized spacial score (nSPS) is 14.6. The van der Waals surface area contributed by atoms with Crippen LogP contribution in [0.15, 0.2) is 0 Å². The minimum Gasteiger partial charge on any atom is -0.390 e. The van der Waals surface area contributed by atoms with Gasteiger partial charge in [0.2, 0.25) is 0 Å². The molecule has 0 aromatic rings. The Labute approximate surface area is 133 Å². The van der Waals surface area contributed by atoms with Crippen LogP contribution in [0.4, 0.5) is 0 Å². The van der Waals surface area contributed by atoms with E-state index in [0.29, 0.717) is 13.1 Å². The highest BCUT2D eigenvalue weighted by Gasteiger charge is 2.09. The molecule has 0 amide bonds. The van der Waals surface area contributed by atoms with E-state index in [0.717, 1.165) is 24.9 Å². The van der Waals surface area contributed by atoms with E-state index < -0.39 is 0 Å². The van der Waals surface area contributed by atoms with Crippen LogP contribution in [0.5, 0.6) is 0 Å². The highest BCUT2D eigenvalue weighted by atomic mass is 16.3. The minimum atomic E-state index is -0.270. The molecule has 3 heteroatoms. The molecule has 2 unspecified atom stereocenters. The van der Waals surface area contributed by atoms with Crippen molar-refractivity contribution in [3.63, 3.8) is 0 Å². The van der Waals surface area contributed by atoms with E-state index in [1.807, 2.05) is 0 Å². The van der Waals surface area contributed by atoms with Gasteiger partial charge in [0.1, 0.15) is 0 Å². The predicted molar refractivity (Wildman–Crippen MR) is 93.7 cm³/mol. The molecule has 0 saturated heterocycles. The third-order valence-corrected chi connectivity index (χ3v) is 4.29. The number of hydrogen-bond acceptors (Lipinski definition) is 3. The van der Waals surface area contributed by atoms with E-state index in [1.54, 1.807) is 0 Å². The van der Waals surface area contributed by atoms with Crippen molar-refractivity contribution in [1.29, 1.82) is 0 Å². The Hall–Kier alpha value is -0.120. The summed E-state index contributed by atoms with van der Waals surface area (Å²) in [5, 5.41) is 16.9. The Bertz CT molecular complexity index is 205. The van der Waals surface area contributed by atoms with E-state index in [1.165, 1.54) is 44.9 Å². The first-order valence-corrected chi connectivity index (χ1v) is 9.27. The van der Waals surface area contributed by atoms with Crippen LogP contribution in [0, 0.1) is 11.8 Å². The molecule has 21 heavy (non-hydrogen) atoms. The molecule has 0 spiro atoms. The zero-order valence-corrected chi connectivity index (χ0v) is 15.0. The molecule has 0 saturated carbocycles. The lowest BCUT2D eigenvalue weighted by Crippen LogP contribution is -2.38. The number of aliphatic hydroxyl groups is 1. The largest absolute Gasteiger partial charge is 0.390 e. The summed E-state index contributed by atoms with van der Waals surface area (Å²) in [6.45, 7) is 12.5. The summed E-state index contributed by atoms with van der Waals surface area (Å²) in [5.41, 5.74) is 0. The van der Waals surface area contributed by atoms with Crippen LogP contribution >= 0.6 is 0 Å². The summed E-state index contributed by atoms with van der Waals surface area (Å²) < 4.78 is 0. The number of rotatable bonds is 15. The molecule has 128 valence electrons. The molecule has 0 aliphatic heterocycles. The standard InChI is InChI=1S/C18H40N2O/c1-5-9-16(8-4)12-19-14-18(21)15-20-13-17(10-6-2)11-7-3/h16-21H,5-15H2,1-4H3. The SMILES string of the molecule is CCCC(CC)CNCC(O)CNCC(CCC)CCC. The fourth-order valence-electron chi connectivity index (χ4n) is 3.00. The molecule has 0 radical (unpaired) electrons. The Kier molecular flexibility index (Phi) is 14.7. The van der Waals surface area contributed by atoms with Gasteiger partial charge in [-0.15, -0.1) is 0 Å². The van der Waals surface area contributed by atoms with E-state index in [-0.39, 0.29) is 6.10 Å². The Balaban J connectivity index is 3.66. The molecule has 0 aromatic carbocycles. The first-order valence-electron chi connectivity index (χ1n) is 9.27. The first kappa shape index (κ1) is 20.9. The van der Waals surface area contributed by atoms with E-state index >= 15 is 0 Å². The van der Waals surface area contributed by atoms with E-state index in [4.69, 9.17) is 0 Å². The second kappa shape index (κ2) is 14.8. The molecule has 3 nitrogen and oxygen atoms in total. The second-order valence-electron chi connectivity index (χ2n) is 6.48. The predicted octanol–water partition coefficient (Wildman–Crippen LogP) is 3.57. The smallest absolute Gasteiger partial charge is 0.0788 e. The second-order valence-corrected chi connectivity index (χ2v) is 6.48. The molecule has 0 aromatic heterocycles. The average molecular weight is 301 g/mol. The number of nitrogens with one attached hydrogen (secondary N) is 2. The lowest BCUT2D eigenvalue weighted by atomic mass is 9.98. The van der Waals surface area contributed by atoms with Gasteiger partial charge in [-0.3, -0.25) is 0 Å². The fourth-order valence-corrected chi connectivity index (χ4v) is 3.00. The van der Waals surface area contributed by atoms with Gasteiger partial charge in [-0.25, -0.2) is 0 Å². The third kappa shape index (κ3) is 12.1. The van der Waals surface area contributed by atoms with Crippen LogP contribution in [0.25, 0.3) is 0 Å². The maximum Gasteiger partial charge on any atom is 0.0788 e. The fraction of sp³-hybridized carbons (Fsp3) is 1.00. The van der Waals surface area contributed by atoms with Crippen molar-refractivity contribution in [2.75, 3.05) is 26.2 Å². The van der Waals surface area contributed by atoms with Gasteiger partial charge in [-0.05, 0) is 44.2 Å². The van der Waals surface area contributed by atoms with Crippen molar-refractivity contribution >= 4 is 0 Å². The summed E-state index contributed by atoms with van der Waals surface area (Å²) in [5.74, 6) is 1.53. The molecule has 0 heterocycles. The van der Waals surface area contributed by atoms with Crippen molar-refractivity contribution < 1.29 is 5.11 Å². The first-order chi connectivity index (χ1) is 10.2. The van der Waals surface area contributed by atoms with Crippen LogP contribution in [-0.4, -0.2) is 37.4 Å². The Morgan fingerprint density at radius 2 is 1.10 bits per heavy atom. The van der Waals surface area contributed by atoms with Crippen molar-refractivity contribution in [3.05, 3.63) is 0 Å². The van der Waals surface area contributed by atoms with Crippen molar-refractivity contribution in [2.45, 2.75) is 78.7 Å². The van der Waals surface area contributed by atoms with Gasteiger partial charge >= 0.3 is 0 Å². The van der Waals surface area contributed by atoms with Crippen LogP contribution < -0.4 is 10.6 Å². The summed E-state index contributed by atoms with van der Waals surface area (Å²) in [6, 6.07) is 0. The third-order valence-electron chi connectivity index (χ3n) is 4.29. The maximum atomic E-state index is 10.0. The van der Waals surface area contributed by atoms with Gasteiger partial charge in [0, 0.05) is 13.1 Å². The highest BCUT2D eigenvalue weighted by molar-refractivity contribution is 4.68. The van der Waals surface area contributed by atoms with Crippen molar-refractivity contribution in [2.24, 2.45) is 11.8 Å². The lowest BCUT2D eigenvalue weighted by molar-refractivity contribution is 0.164. The van der Waals surface area contributed by atoms with E-state index in [2.05, 4.69) is 38.3 Å². The van der Waals surface area contributed by atoms with Gasteiger partial charge in [0.25, 0.3) is 0 Å². The van der Waals surface area contributed by atoms with Gasteiger partial charge in [-0.1, -0.05) is 53.4 Å². The van der Waals surface area contributed by atoms with Gasteiger partial charge in [0.15, 0.2) is 0 Å². The van der Waals surface area contributed by atoms with E-state index in [9.17, 15) is 5.11 Å². The average Bonchev–Trinajstić information content (AvgIpc) is 2.46. The van der Waals surface area contributed by atoms with Crippen LogP contribution in [-0.2, 0) is 0 Å². The minimum absolute atomic E-state index is 0.270. The molecule has 0 aliphatic rings. The monoisotopic (exact) mass is 300 g/mol. The van der Waals surface area contributed by atoms with Crippen LogP contribution in [0.1, 0.15) is 72.6 Å². The Morgan fingerprint density at radius 3 is 1.52 bits per heavy atom. The molecule has 0 fully saturated rings. The summed E-state index contributed by atoms with van der Waals surface area (Å²) in [6.07, 6.45) is 8.60. The van der Waals surface area contributed by atoms with Crippen molar-refractivity contribution in [3.8, 4) is 0 Å². The van der Waals surface area contributed by atoms with Crippen LogP contribution in [0.2, 0.25) is 0 Å². The number of aliphatic hydroxyl groups excluding tert-OH is 1. The molecule has 3 N–H and O–H groups in total. The molecular weight excluding hydrogens is 260 g/mol. The summed E-state index contributed by atoms with van der Waals surface area (Å²) in [7, 11) is 0. The molecule has 0 bridgehead atoms. The Morgan fingerprint density at radius 1 is 0.667 bits per heavy atom. The summed E-state index contributed by atoms with van der Waals surface area (Å²) in [4.78, 5) is 0. The van der Waals surface area contributed by atoms with Gasteiger partial charge in [0.05, 0.1) is 6.10 Å². The topological polar surface area (TPSA) is 44.3 Å². The van der Waals surface area contributed by atoms with Gasteiger partial charge in [-0.2, -0.15) is 0 Å². The zero-order valence-electron chi connectivity index (χ0n) is 15.0. The highest BCUT2D eigenvalue weighted by Crippen LogP contribution is 2.12. The summed E-state index contributed by atoms with van der Waals surface area (Å²) >= 11 is 0. The van der Waals surface area contributed by atoms with Crippen LogP contribution in [0.3, 0.4) is 0 Å². The quantitative estimate of drug-likeness (QED) is 0.433. The lowest BCUT2D eigenvalue weighted by Gasteiger charge is -2.19. The van der Waals surface area contributed by atoms with Gasteiger partial charge < -0.3 is 15.7 Å². The number of hydrogen-bond donors (Lipinski definition) is 3. The zero-order chi connectivity index (χ0) is 15.9. The molecule has 2 atom stereocenters. The molecule has 0 aliphatic carbocycles.